The van der Waals surface area contributed by atoms with E-state index in [1.54, 1.807) is 11.9 Å². The molecule has 1 heterocycles. The summed E-state index contributed by atoms with van der Waals surface area (Å²) in [6.07, 6.45) is 6.76. The first-order chi connectivity index (χ1) is 12.4. The molecule has 6 heteroatoms. The van der Waals surface area contributed by atoms with Gasteiger partial charge in [0.25, 0.3) is 0 Å². The number of nitriles is 1. The zero-order valence-corrected chi connectivity index (χ0v) is 15.3. The number of nitrogens with one attached hydrogen (secondary N) is 2. The number of amides is 2. The van der Waals surface area contributed by atoms with Crippen LogP contribution in [0.25, 0.3) is 5.57 Å². The number of rotatable bonds is 3. The van der Waals surface area contributed by atoms with Gasteiger partial charge in [0.1, 0.15) is 5.66 Å². The van der Waals surface area contributed by atoms with E-state index in [9.17, 15) is 10.1 Å². The lowest BCUT2D eigenvalue weighted by molar-refractivity contribution is 0.0941. The number of carbonyl (C=O) groups excluding carboxylic acids is 1. The molecule has 134 valence electrons. The van der Waals surface area contributed by atoms with Crippen molar-refractivity contribution < 1.29 is 4.79 Å². The van der Waals surface area contributed by atoms with Gasteiger partial charge in [0.05, 0.1) is 12.0 Å². The van der Waals surface area contributed by atoms with Crippen molar-refractivity contribution in [3.8, 4) is 6.07 Å². The second-order valence-corrected chi connectivity index (χ2v) is 6.71. The molecule has 6 nitrogen and oxygen atoms in total. The molecule has 0 saturated carbocycles. The molecule has 26 heavy (non-hydrogen) atoms. The highest BCUT2D eigenvalue weighted by atomic mass is 16.2. The van der Waals surface area contributed by atoms with Crippen molar-refractivity contribution in [2.75, 3.05) is 13.6 Å². The summed E-state index contributed by atoms with van der Waals surface area (Å²) < 4.78 is 0. The fourth-order valence-electron chi connectivity index (χ4n) is 3.38. The zero-order valence-electron chi connectivity index (χ0n) is 15.3. The van der Waals surface area contributed by atoms with Crippen molar-refractivity contribution >= 4 is 17.6 Å². The van der Waals surface area contributed by atoms with Crippen molar-refractivity contribution in [3.05, 3.63) is 53.6 Å². The summed E-state index contributed by atoms with van der Waals surface area (Å²) in [5.74, 6) is -0.0117. The molecule has 0 radical (unpaired) electrons. The average Bonchev–Trinajstić information content (AvgIpc) is 2.67. The molecule has 0 bridgehead atoms. The summed E-state index contributed by atoms with van der Waals surface area (Å²) in [7, 11) is 1.74. The van der Waals surface area contributed by atoms with Crippen LogP contribution in [0.15, 0.2) is 42.5 Å². The molecule has 1 aliphatic heterocycles. The molecule has 2 amide bonds. The maximum atomic E-state index is 12.6. The van der Waals surface area contributed by atoms with E-state index >= 15 is 0 Å². The van der Waals surface area contributed by atoms with Crippen LogP contribution in [-0.2, 0) is 5.66 Å². The Balaban J connectivity index is 1.99. The number of hydrogen-bond acceptors (Lipinski definition) is 3. The zero-order chi connectivity index (χ0) is 18.9. The number of guanidine groups is 1. The molecule has 1 aromatic carbocycles. The van der Waals surface area contributed by atoms with E-state index in [1.165, 1.54) is 4.90 Å². The summed E-state index contributed by atoms with van der Waals surface area (Å²) in [6.45, 7) is 4.19. The molecule has 3 rings (SSSR count). The lowest BCUT2D eigenvalue weighted by atomic mass is 9.90. The summed E-state index contributed by atoms with van der Waals surface area (Å²) >= 11 is 0. The molecule has 2 unspecified atom stereocenters. The second-order valence-electron chi connectivity index (χ2n) is 6.71. The van der Waals surface area contributed by atoms with Crippen LogP contribution >= 0.6 is 0 Å². The number of nitrogens with zero attached hydrogens (tertiary/aromatic N) is 3. The first kappa shape index (κ1) is 17.7. The van der Waals surface area contributed by atoms with Crippen LogP contribution < -0.4 is 5.32 Å². The van der Waals surface area contributed by atoms with Gasteiger partial charge in [0.2, 0.25) is 5.96 Å². The van der Waals surface area contributed by atoms with Crippen LogP contribution in [0.5, 0.6) is 0 Å². The molecule has 2 atom stereocenters. The summed E-state index contributed by atoms with van der Waals surface area (Å²) in [5.41, 5.74) is 2.07. The van der Waals surface area contributed by atoms with Crippen LogP contribution in [-0.4, -0.2) is 35.4 Å². The lowest BCUT2D eigenvalue weighted by Crippen LogP contribution is -2.68. The third-order valence-electron chi connectivity index (χ3n) is 5.13. The van der Waals surface area contributed by atoms with Crippen LogP contribution in [0.2, 0.25) is 0 Å². The minimum absolute atomic E-state index is 0.102. The van der Waals surface area contributed by atoms with E-state index in [2.05, 4.69) is 11.4 Å². The van der Waals surface area contributed by atoms with Crippen molar-refractivity contribution in [2.45, 2.75) is 25.9 Å². The first-order valence-corrected chi connectivity index (χ1v) is 8.71. The number of urea groups is 1. The Bertz CT molecular complexity index is 850. The van der Waals surface area contributed by atoms with Gasteiger partial charge in [-0.2, -0.15) is 5.26 Å². The van der Waals surface area contributed by atoms with Crippen LogP contribution in [0.1, 0.15) is 31.4 Å². The largest absolute Gasteiger partial charge is 0.329 e. The summed E-state index contributed by atoms with van der Waals surface area (Å²) in [6, 6.07) is 9.99. The van der Waals surface area contributed by atoms with Crippen molar-refractivity contribution in [1.82, 2.24) is 15.1 Å². The minimum atomic E-state index is -0.816. The van der Waals surface area contributed by atoms with Gasteiger partial charge in [-0.05, 0) is 43.0 Å². The minimum Gasteiger partial charge on any atom is -0.329 e. The highest BCUT2D eigenvalue weighted by Gasteiger charge is 2.43. The molecule has 2 N–H and O–H groups in total. The van der Waals surface area contributed by atoms with Crippen molar-refractivity contribution in [2.24, 2.45) is 5.92 Å². The Labute approximate surface area is 153 Å². The van der Waals surface area contributed by atoms with Crippen LogP contribution in [0.3, 0.4) is 0 Å². The molecule has 1 saturated heterocycles. The molecule has 1 aliphatic carbocycles. The average molecular weight is 349 g/mol. The third-order valence-corrected chi connectivity index (χ3v) is 5.13. The topological polar surface area (TPSA) is 83.2 Å². The Morgan fingerprint density at radius 2 is 2.23 bits per heavy atom. The third kappa shape index (κ3) is 2.86. The van der Waals surface area contributed by atoms with Gasteiger partial charge in [-0.25, -0.2) is 4.79 Å². The van der Waals surface area contributed by atoms with E-state index in [0.717, 1.165) is 23.1 Å². The smallest absolute Gasteiger partial charge is 0.328 e. The number of carbonyl (C=O) groups is 1. The van der Waals surface area contributed by atoms with Crippen LogP contribution in [0.4, 0.5) is 4.79 Å². The van der Waals surface area contributed by atoms with E-state index in [-0.39, 0.29) is 17.9 Å². The number of allylic oxidation sites excluding steroid dienone is 4. The van der Waals surface area contributed by atoms with E-state index in [0.29, 0.717) is 6.54 Å². The van der Waals surface area contributed by atoms with Gasteiger partial charge in [0.15, 0.2) is 0 Å². The number of benzene rings is 1. The Morgan fingerprint density at radius 3 is 2.92 bits per heavy atom. The maximum absolute atomic E-state index is 12.6. The fourth-order valence-corrected chi connectivity index (χ4v) is 3.38. The molecule has 1 aromatic rings. The van der Waals surface area contributed by atoms with Crippen LogP contribution in [0, 0.1) is 22.7 Å². The monoisotopic (exact) mass is 349 g/mol. The molecular formula is C20H23N5O. The van der Waals surface area contributed by atoms with Gasteiger partial charge in [-0.15, -0.1) is 0 Å². The second kappa shape index (κ2) is 6.68. The normalized spacial score (nSPS) is 25.6. The summed E-state index contributed by atoms with van der Waals surface area (Å²) in [4.78, 5) is 15.7. The van der Waals surface area contributed by atoms with Gasteiger partial charge in [-0.1, -0.05) is 36.4 Å². The van der Waals surface area contributed by atoms with Gasteiger partial charge in [-0.3, -0.25) is 10.3 Å². The van der Waals surface area contributed by atoms with E-state index in [1.807, 2.05) is 56.3 Å². The lowest BCUT2D eigenvalue weighted by Gasteiger charge is -2.47. The molecule has 0 aromatic heterocycles. The van der Waals surface area contributed by atoms with Gasteiger partial charge in [0, 0.05) is 13.6 Å². The van der Waals surface area contributed by atoms with Crippen molar-refractivity contribution in [1.29, 1.82) is 10.7 Å². The Morgan fingerprint density at radius 1 is 1.46 bits per heavy atom. The highest BCUT2D eigenvalue weighted by molar-refractivity contribution is 5.98. The van der Waals surface area contributed by atoms with Crippen molar-refractivity contribution in [3.63, 3.8) is 0 Å². The number of hydrogen-bond donors (Lipinski definition) is 2. The van der Waals surface area contributed by atoms with E-state index < -0.39 is 5.66 Å². The predicted molar refractivity (Wildman–Crippen MR) is 101 cm³/mol. The maximum Gasteiger partial charge on any atom is 0.328 e. The van der Waals surface area contributed by atoms with Gasteiger partial charge < -0.3 is 10.2 Å². The Kier molecular flexibility index (Phi) is 4.56. The molecule has 0 spiro atoms. The molecular weight excluding hydrogens is 326 g/mol. The first-order valence-electron chi connectivity index (χ1n) is 8.71. The Hall–Kier alpha value is -3.07. The quantitative estimate of drug-likeness (QED) is 0.878. The van der Waals surface area contributed by atoms with Gasteiger partial charge >= 0.3 is 6.03 Å². The summed E-state index contributed by atoms with van der Waals surface area (Å²) in [5, 5.41) is 20.5. The fraction of sp³-hybridized carbons (Fsp3) is 0.350. The highest BCUT2D eigenvalue weighted by Crippen LogP contribution is 2.32. The van der Waals surface area contributed by atoms with E-state index in [4.69, 9.17) is 5.41 Å². The SMILES string of the molecule is CCN1C(=N)NC(C)(c2cccc(C3=CC(C#N)CC=C3)c2)N(C)C1=O. The molecule has 1 fully saturated rings. The standard InChI is InChI=1S/C20H23N5O/c1-4-25-18(22)23-20(2,24(3)19(25)26)17-10-6-9-16(12-17)15-8-5-7-14(11-15)13-21/h5-6,8-12,14H,4,7H2,1-3H3,(H2,22,23). The predicted octanol–water partition coefficient (Wildman–Crippen LogP) is 3.25. The molecule has 2 aliphatic rings.